The Kier molecular flexibility index (Phi) is 4.33. The molecule has 98 valence electrons. The highest BCUT2D eigenvalue weighted by Crippen LogP contribution is 2.30. The van der Waals surface area contributed by atoms with Gasteiger partial charge in [0, 0.05) is 12.0 Å². The van der Waals surface area contributed by atoms with E-state index in [1.807, 2.05) is 37.3 Å². The van der Waals surface area contributed by atoms with Gasteiger partial charge in [-0.05, 0) is 6.92 Å². The first-order valence-electron chi connectivity index (χ1n) is 6.11. The maximum atomic E-state index is 11.3. The molecule has 0 radical (unpaired) electrons. The van der Waals surface area contributed by atoms with E-state index in [0.29, 0.717) is 6.42 Å². The fourth-order valence-corrected chi connectivity index (χ4v) is 2.07. The minimum atomic E-state index is -0.399. The Morgan fingerprint density at radius 1 is 1.33 bits per heavy atom. The molecule has 1 aliphatic rings. The van der Waals surface area contributed by atoms with Crippen LogP contribution in [0, 0.1) is 0 Å². The molecule has 0 bridgehead atoms. The predicted octanol–water partition coefficient (Wildman–Crippen LogP) is 2.44. The number of rotatable bonds is 3. The van der Waals surface area contributed by atoms with Gasteiger partial charge in [-0.2, -0.15) is 0 Å². The number of hydrogen-bond donors (Lipinski definition) is 0. The zero-order chi connectivity index (χ0) is 13.0. The number of hydrogen-bond acceptors (Lipinski definition) is 4. The normalized spacial score (nSPS) is 27.8. The van der Waals surface area contributed by atoms with Crippen LogP contribution in [0.15, 0.2) is 30.3 Å². The van der Waals surface area contributed by atoms with Gasteiger partial charge in [0.2, 0.25) is 0 Å². The molecule has 2 rings (SSSR count). The summed E-state index contributed by atoms with van der Waals surface area (Å²) in [6.07, 6.45) is 0.501. The highest BCUT2D eigenvalue weighted by molar-refractivity contribution is 5.69. The molecule has 1 fully saturated rings. The maximum absolute atomic E-state index is 11.3. The van der Waals surface area contributed by atoms with E-state index in [-0.39, 0.29) is 24.6 Å². The van der Waals surface area contributed by atoms with Gasteiger partial charge in [0.15, 0.2) is 6.29 Å². The van der Waals surface area contributed by atoms with E-state index in [4.69, 9.17) is 9.47 Å². The molecule has 4 heteroatoms. The second kappa shape index (κ2) is 5.98. The molecule has 1 heterocycles. The average molecular weight is 250 g/mol. The van der Waals surface area contributed by atoms with E-state index < -0.39 is 6.29 Å². The van der Waals surface area contributed by atoms with Crippen LogP contribution in [0.25, 0.3) is 0 Å². The standard InChI is InChI=1S/C14H18O4/c1-10-8-12(9-13(15)16-2)18-14(17-10)11-6-4-3-5-7-11/h3-7,10,12,14H,8-9H2,1-2H3. The summed E-state index contributed by atoms with van der Waals surface area (Å²) in [5, 5.41) is 0. The number of benzene rings is 1. The third-order valence-electron chi connectivity index (χ3n) is 2.96. The van der Waals surface area contributed by atoms with Crippen molar-refractivity contribution in [1.82, 2.24) is 0 Å². The molecule has 0 aliphatic carbocycles. The third kappa shape index (κ3) is 3.31. The van der Waals surface area contributed by atoms with Crippen molar-refractivity contribution >= 4 is 5.97 Å². The van der Waals surface area contributed by atoms with Gasteiger partial charge in [-0.25, -0.2) is 0 Å². The molecule has 0 amide bonds. The molecular weight excluding hydrogens is 232 g/mol. The topological polar surface area (TPSA) is 44.8 Å². The summed E-state index contributed by atoms with van der Waals surface area (Å²) in [5.74, 6) is -0.249. The van der Waals surface area contributed by atoms with Crippen molar-refractivity contribution in [3.8, 4) is 0 Å². The molecular formula is C14H18O4. The van der Waals surface area contributed by atoms with Crippen LogP contribution >= 0.6 is 0 Å². The maximum Gasteiger partial charge on any atom is 0.308 e. The molecule has 0 saturated carbocycles. The van der Waals surface area contributed by atoms with Crippen molar-refractivity contribution < 1.29 is 19.0 Å². The Morgan fingerprint density at radius 3 is 2.72 bits per heavy atom. The van der Waals surface area contributed by atoms with Crippen molar-refractivity contribution in [2.45, 2.75) is 38.3 Å². The number of carbonyl (C=O) groups excluding carboxylic acids is 1. The molecule has 0 spiro atoms. The van der Waals surface area contributed by atoms with Gasteiger partial charge in [-0.15, -0.1) is 0 Å². The van der Waals surface area contributed by atoms with Gasteiger partial charge in [0.1, 0.15) is 0 Å². The van der Waals surface area contributed by atoms with Gasteiger partial charge in [0.05, 0.1) is 25.7 Å². The highest BCUT2D eigenvalue weighted by Gasteiger charge is 2.30. The summed E-state index contributed by atoms with van der Waals surface area (Å²) >= 11 is 0. The summed E-state index contributed by atoms with van der Waals surface area (Å²) in [6, 6.07) is 9.74. The Morgan fingerprint density at radius 2 is 2.06 bits per heavy atom. The summed E-state index contributed by atoms with van der Waals surface area (Å²) in [6.45, 7) is 1.99. The minimum absolute atomic E-state index is 0.0682. The number of methoxy groups -OCH3 is 1. The SMILES string of the molecule is COC(=O)CC1CC(C)OC(c2ccccc2)O1. The lowest BCUT2D eigenvalue weighted by Gasteiger charge is -2.34. The Hall–Kier alpha value is -1.39. The summed E-state index contributed by atoms with van der Waals surface area (Å²) in [7, 11) is 1.39. The van der Waals surface area contributed by atoms with Crippen molar-refractivity contribution in [3.05, 3.63) is 35.9 Å². The highest BCUT2D eigenvalue weighted by atomic mass is 16.7. The fraction of sp³-hybridized carbons (Fsp3) is 0.500. The van der Waals surface area contributed by atoms with Crippen LogP contribution in [0.3, 0.4) is 0 Å². The molecule has 4 nitrogen and oxygen atoms in total. The predicted molar refractivity (Wildman–Crippen MR) is 65.9 cm³/mol. The molecule has 0 aromatic heterocycles. The first-order valence-corrected chi connectivity index (χ1v) is 6.11. The van der Waals surface area contributed by atoms with Crippen molar-refractivity contribution in [3.63, 3.8) is 0 Å². The van der Waals surface area contributed by atoms with Gasteiger partial charge in [0.25, 0.3) is 0 Å². The summed E-state index contributed by atoms with van der Waals surface area (Å²) in [5.41, 5.74) is 0.971. The quantitative estimate of drug-likeness (QED) is 0.773. The van der Waals surface area contributed by atoms with Gasteiger partial charge in [-0.1, -0.05) is 30.3 Å². The molecule has 0 N–H and O–H groups in total. The lowest BCUT2D eigenvalue weighted by atomic mass is 10.1. The largest absolute Gasteiger partial charge is 0.469 e. The molecule has 3 atom stereocenters. The molecule has 3 unspecified atom stereocenters. The van der Waals surface area contributed by atoms with Crippen molar-refractivity contribution in [1.29, 1.82) is 0 Å². The van der Waals surface area contributed by atoms with Crippen molar-refractivity contribution in [2.75, 3.05) is 7.11 Å². The van der Waals surface area contributed by atoms with Crippen LogP contribution in [-0.4, -0.2) is 25.3 Å². The van der Waals surface area contributed by atoms with E-state index in [1.54, 1.807) is 0 Å². The molecule has 18 heavy (non-hydrogen) atoms. The van der Waals surface area contributed by atoms with Crippen LogP contribution in [0.1, 0.15) is 31.6 Å². The van der Waals surface area contributed by atoms with Crippen molar-refractivity contribution in [2.24, 2.45) is 0 Å². The minimum Gasteiger partial charge on any atom is -0.469 e. The molecule has 1 aromatic rings. The third-order valence-corrected chi connectivity index (χ3v) is 2.96. The van der Waals surface area contributed by atoms with E-state index >= 15 is 0 Å². The first kappa shape index (κ1) is 13.1. The van der Waals surface area contributed by atoms with Gasteiger partial charge < -0.3 is 14.2 Å². The van der Waals surface area contributed by atoms with Gasteiger partial charge >= 0.3 is 5.97 Å². The van der Waals surface area contributed by atoms with Crippen LogP contribution in [0.2, 0.25) is 0 Å². The molecule has 1 saturated heterocycles. The zero-order valence-corrected chi connectivity index (χ0v) is 10.7. The van der Waals surface area contributed by atoms with E-state index in [1.165, 1.54) is 7.11 Å². The van der Waals surface area contributed by atoms with Crippen LogP contribution in [0.5, 0.6) is 0 Å². The van der Waals surface area contributed by atoms with Gasteiger partial charge in [-0.3, -0.25) is 4.79 Å². The first-order chi connectivity index (χ1) is 8.69. The second-order valence-corrected chi connectivity index (χ2v) is 4.46. The van der Waals surface area contributed by atoms with E-state index in [2.05, 4.69) is 4.74 Å². The van der Waals surface area contributed by atoms with Crippen LogP contribution < -0.4 is 0 Å². The van der Waals surface area contributed by atoms with E-state index in [0.717, 1.165) is 5.56 Å². The fourth-order valence-electron chi connectivity index (χ4n) is 2.07. The monoisotopic (exact) mass is 250 g/mol. The van der Waals surface area contributed by atoms with Crippen LogP contribution in [0.4, 0.5) is 0 Å². The van der Waals surface area contributed by atoms with Crippen LogP contribution in [-0.2, 0) is 19.0 Å². The molecule has 1 aliphatic heterocycles. The average Bonchev–Trinajstić information content (AvgIpc) is 2.39. The summed E-state index contributed by atoms with van der Waals surface area (Å²) in [4.78, 5) is 11.3. The smallest absolute Gasteiger partial charge is 0.308 e. The second-order valence-electron chi connectivity index (χ2n) is 4.46. The molecule has 1 aromatic carbocycles. The Bertz CT molecular complexity index is 390. The summed E-state index contributed by atoms with van der Waals surface area (Å²) < 4.78 is 16.2. The van der Waals surface area contributed by atoms with E-state index in [9.17, 15) is 4.79 Å². The zero-order valence-electron chi connectivity index (χ0n) is 10.7. The number of ether oxygens (including phenoxy) is 3. The lowest BCUT2D eigenvalue weighted by Crippen LogP contribution is -2.33. The Balaban J connectivity index is 2.03. The number of carbonyl (C=O) groups is 1. The lowest BCUT2D eigenvalue weighted by molar-refractivity contribution is -0.245. The number of esters is 1. The Labute approximate surface area is 107 Å².